The number of tetrazole rings is 1. The zero-order chi connectivity index (χ0) is 22.8. The molecule has 2 aromatic heterocycles. The fraction of sp³-hybridized carbons (Fsp3) is 0.615. The van der Waals surface area contributed by atoms with Gasteiger partial charge < -0.3 is 4.98 Å². The van der Waals surface area contributed by atoms with Crippen LogP contribution in [-0.4, -0.2) is 36.1 Å². The van der Waals surface area contributed by atoms with E-state index in [9.17, 15) is 4.79 Å². The van der Waals surface area contributed by atoms with Gasteiger partial charge in [0.2, 0.25) is 0 Å². The van der Waals surface area contributed by atoms with Crippen LogP contribution in [0.5, 0.6) is 0 Å². The number of fused-ring (bicyclic) bond motifs is 1. The summed E-state index contributed by atoms with van der Waals surface area (Å²) in [5.41, 5.74) is 2.91. The van der Waals surface area contributed by atoms with Crippen LogP contribution in [0.3, 0.4) is 0 Å². The second-order valence-corrected chi connectivity index (χ2v) is 10.0. The van der Waals surface area contributed by atoms with Gasteiger partial charge in [-0.25, -0.2) is 4.68 Å². The summed E-state index contributed by atoms with van der Waals surface area (Å²) in [6.07, 6.45) is 11.7. The number of nitrogens with zero attached hydrogens (tertiary/aromatic N) is 5. The lowest BCUT2D eigenvalue weighted by molar-refractivity contribution is 0.106. The highest BCUT2D eigenvalue weighted by Crippen LogP contribution is 2.37. The number of aromatic amines is 1. The van der Waals surface area contributed by atoms with Crippen molar-refractivity contribution in [3.05, 3.63) is 51.6 Å². The van der Waals surface area contributed by atoms with Crippen LogP contribution in [0.15, 0.2) is 29.1 Å². The van der Waals surface area contributed by atoms with Gasteiger partial charge in [0.25, 0.3) is 5.56 Å². The van der Waals surface area contributed by atoms with Gasteiger partial charge in [-0.05, 0) is 72.5 Å². The molecule has 2 aliphatic carbocycles. The van der Waals surface area contributed by atoms with Crippen LogP contribution in [0.25, 0.3) is 10.9 Å². The largest absolute Gasteiger partial charge is 0.322 e. The van der Waals surface area contributed by atoms with Crippen LogP contribution in [0.4, 0.5) is 0 Å². The van der Waals surface area contributed by atoms with E-state index in [2.05, 4.69) is 62.1 Å². The first-order valence-corrected chi connectivity index (χ1v) is 12.8. The molecule has 1 unspecified atom stereocenters. The summed E-state index contributed by atoms with van der Waals surface area (Å²) in [6, 6.07) is 9.34. The Hall–Kier alpha value is -2.54. The average molecular weight is 449 g/mol. The molecule has 1 N–H and O–H groups in total. The van der Waals surface area contributed by atoms with Crippen LogP contribution in [0, 0.1) is 6.92 Å². The smallest absolute Gasteiger partial charge is 0.252 e. The summed E-state index contributed by atoms with van der Waals surface area (Å²) in [5.74, 6) is 0.989. The lowest BCUT2D eigenvalue weighted by Crippen LogP contribution is -2.39. The Morgan fingerprint density at radius 3 is 2.64 bits per heavy atom. The first-order valence-electron chi connectivity index (χ1n) is 12.8. The standard InChI is InChI=1S/C26H36N6O/c1-3-8-24(25-28-29-30-32(25)22-11-6-7-12-22)31(21-9-4-5-10-21)17-20-16-19-14-13-18(2)15-23(19)27-26(20)33/h13-16,21-22,24H,3-12,17H2,1-2H3,(H,27,33). The molecule has 0 aliphatic heterocycles. The van der Waals surface area contributed by atoms with Crippen molar-refractivity contribution in [2.45, 2.75) is 103 Å². The van der Waals surface area contributed by atoms with Crippen LogP contribution in [0.2, 0.25) is 0 Å². The molecule has 0 spiro atoms. The zero-order valence-electron chi connectivity index (χ0n) is 20.0. The molecule has 7 nitrogen and oxygen atoms in total. The minimum Gasteiger partial charge on any atom is -0.322 e. The minimum atomic E-state index is 0.0155. The third kappa shape index (κ3) is 4.60. The molecule has 33 heavy (non-hydrogen) atoms. The maximum atomic E-state index is 13.1. The Labute approximate surface area is 195 Å². The number of pyridine rings is 1. The van der Waals surface area contributed by atoms with Crippen LogP contribution >= 0.6 is 0 Å². The van der Waals surface area contributed by atoms with Crippen molar-refractivity contribution in [2.75, 3.05) is 0 Å². The number of benzene rings is 1. The average Bonchev–Trinajstić information content (AvgIpc) is 3.58. The van der Waals surface area contributed by atoms with Gasteiger partial charge in [-0.3, -0.25) is 9.69 Å². The highest BCUT2D eigenvalue weighted by Gasteiger charge is 2.34. The van der Waals surface area contributed by atoms with Gasteiger partial charge in [0.05, 0.1) is 12.1 Å². The highest BCUT2D eigenvalue weighted by molar-refractivity contribution is 5.79. The van der Waals surface area contributed by atoms with Gasteiger partial charge in [-0.15, -0.1) is 5.10 Å². The van der Waals surface area contributed by atoms with Crippen LogP contribution < -0.4 is 5.56 Å². The van der Waals surface area contributed by atoms with Gasteiger partial charge in [-0.1, -0.05) is 51.2 Å². The Morgan fingerprint density at radius 2 is 1.88 bits per heavy atom. The normalized spacial score (nSPS) is 18.6. The van der Waals surface area contributed by atoms with Crippen molar-refractivity contribution in [3.8, 4) is 0 Å². The first-order chi connectivity index (χ1) is 16.1. The van der Waals surface area contributed by atoms with E-state index in [4.69, 9.17) is 0 Å². The topological polar surface area (TPSA) is 79.7 Å². The quantitative estimate of drug-likeness (QED) is 0.511. The maximum Gasteiger partial charge on any atom is 0.252 e. The fourth-order valence-electron chi connectivity index (χ4n) is 5.95. The van der Waals surface area contributed by atoms with E-state index in [0.717, 1.165) is 53.5 Å². The summed E-state index contributed by atoms with van der Waals surface area (Å²) in [6.45, 7) is 4.91. The van der Waals surface area contributed by atoms with Crippen LogP contribution in [-0.2, 0) is 6.54 Å². The second-order valence-electron chi connectivity index (χ2n) is 10.0. The molecule has 2 saturated carbocycles. The SMILES string of the molecule is CCCC(c1nnnn1C1CCCC1)N(Cc1cc2ccc(C)cc2[nH]c1=O)C1CCCC1. The van der Waals surface area contributed by atoms with Gasteiger partial charge in [-0.2, -0.15) is 0 Å². The van der Waals surface area contributed by atoms with Crippen molar-refractivity contribution in [1.82, 2.24) is 30.1 Å². The number of hydrogen-bond acceptors (Lipinski definition) is 5. The Balaban J connectivity index is 1.52. The first kappa shape index (κ1) is 22.3. The number of aromatic nitrogens is 5. The van der Waals surface area contributed by atoms with Crippen molar-refractivity contribution in [3.63, 3.8) is 0 Å². The van der Waals surface area contributed by atoms with E-state index >= 15 is 0 Å². The highest BCUT2D eigenvalue weighted by atomic mass is 16.1. The number of hydrogen-bond donors (Lipinski definition) is 1. The summed E-state index contributed by atoms with van der Waals surface area (Å²) in [5, 5.41) is 14.2. The summed E-state index contributed by atoms with van der Waals surface area (Å²) in [4.78, 5) is 18.8. The van der Waals surface area contributed by atoms with Crippen molar-refractivity contribution >= 4 is 10.9 Å². The fourth-order valence-corrected chi connectivity index (χ4v) is 5.95. The molecule has 0 saturated heterocycles. The molecule has 1 atom stereocenters. The van der Waals surface area contributed by atoms with Crippen molar-refractivity contribution < 1.29 is 0 Å². The maximum absolute atomic E-state index is 13.1. The van der Waals surface area contributed by atoms with E-state index in [1.54, 1.807) is 0 Å². The number of H-pyrrole nitrogens is 1. The van der Waals surface area contributed by atoms with E-state index in [1.165, 1.54) is 38.5 Å². The third-order valence-corrected chi connectivity index (χ3v) is 7.67. The van der Waals surface area contributed by atoms with Crippen LogP contribution in [0.1, 0.15) is 100 Å². The Morgan fingerprint density at radius 1 is 1.12 bits per heavy atom. The molecule has 0 amide bonds. The Kier molecular flexibility index (Phi) is 6.58. The molecule has 1 aromatic carbocycles. The lowest BCUT2D eigenvalue weighted by Gasteiger charge is -2.36. The molecule has 2 aliphatic rings. The summed E-state index contributed by atoms with van der Waals surface area (Å²) < 4.78 is 2.11. The summed E-state index contributed by atoms with van der Waals surface area (Å²) >= 11 is 0. The molecule has 0 radical (unpaired) electrons. The van der Waals surface area contributed by atoms with Gasteiger partial charge in [0, 0.05) is 23.7 Å². The Bertz CT molecular complexity index is 1140. The molecule has 176 valence electrons. The number of nitrogens with one attached hydrogen (secondary N) is 1. The second kappa shape index (κ2) is 9.75. The molecule has 5 rings (SSSR count). The predicted octanol–water partition coefficient (Wildman–Crippen LogP) is 5.22. The molecule has 2 fully saturated rings. The zero-order valence-corrected chi connectivity index (χ0v) is 20.0. The molecule has 7 heteroatoms. The van der Waals surface area contributed by atoms with Gasteiger partial charge in [0.1, 0.15) is 0 Å². The predicted molar refractivity (Wildman–Crippen MR) is 130 cm³/mol. The molecule has 2 heterocycles. The van der Waals surface area contributed by atoms with E-state index in [1.807, 2.05) is 6.07 Å². The monoisotopic (exact) mass is 448 g/mol. The summed E-state index contributed by atoms with van der Waals surface area (Å²) in [7, 11) is 0. The minimum absolute atomic E-state index is 0.0155. The van der Waals surface area contributed by atoms with E-state index in [-0.39, 0.29) is 11.6 Å². The lowest BCUT2D eigenvalue weighted by atomic mass is 10.0. The molecular formula is C26H36N6O. The molecular weight excluding hydrogens is 412 g/mol. The van der Waals surface area contributed by atoms with E-state index < -0.39 is 0 Å². The number of rotatable bonds is 8. The van der Waals surface area contributed by atoms with Gasteiger partial charge >= 0.3 is 0 Å². The third-order valence-electron chi connectivity index (χ3n) is 7.67. The van der Waals surface area contributed by atoms with Crippen molar-refractivity contribution in [2.24, 2.45) is 0 Å². The van der Waals surface area contributed by atoms with Crippen molar-refractivity contribution in [1.29, 1.82) is 0 Å². The van der Waals surface area contributed by atoms with E-state index in [0.29, 0.717) is 18.6 Å². The molecule has 3 aromatic rings. The number of aryl methyl sites for hydroxylation is 1. The molecule has 0 bridgehead atoms. The van der Waals surface area contributed by atoms with Gasteiger partial charge in [0.15, 0.2) is 5.82 Å².